The predicted molar refractivity (Wildman–Crippen MR) is 97.9 cm³/mol. The van der Waals surface area contributed by atoms with Gasteiger partial charge in [-0.1, -0.05) is 12.1 Å². The summed E-state index contributed by atoms with van der Waals surface area (Å²) in [7, 11) is 1.73. The second-order valence-corrected chi connectivity index (χ2v) is 6.54. The molecule has 1 aliphatic rings. The quantitative estimate of drug-likeness (QED) is 0.769. The third-order valence-electron chi connectivity index (χ3n) is 4.37. The number of carbonyl (C=O) groups is 2. The van der Waals surface area contributed by atoms with Crippen molar-refractivity contribution in [3.63, 3.8) is 0 Å². The highest BCUT2D eigenvalue weighted by atomic mass is 16.5. The van der Waals surface area contributed by atoms with Crippen LogP contribution >= 0.6 is 0 Å². The van der Waals surface area contributed by atoms with E-state index in [1.54, 1.807) is 54.5 Å². The van der Waals surface area contributed by atoms with E-state index in [0.717, 1.165) is 18.4 Å². The average molecular weight is 370 g/mol. The van der Waals surface area contributed by atoms with Gasteiger partial charge in [0, 0.05) is 31.4 Å². The number of aromatic nitrogens is 1. The first-order valence-corrected chi connectivity index (χ1v) is 8.83. The van der Waals surface area contributed by atoms with Crippen LogP contribution in [0.3, 0.4) is 0 Å². The molecule has 142 valence electrons. The van der Waals surface area contributed by atoms with Crippen molar-refractivity contribution >= 4 is 11.9 Å². The van der Waals surface area contributed by atoms with E-state index < -0.39 is 5.97 Å². The molecule has 1 fully saturated rings. The first-order chi connectivity index (χ1) is 13.0. The largest absolute Gasteiger partial charge is 0.482 e. The standard InChI is InChI=1S/C20H22N2O5/c1-22(12-14-5-7-16(8-6-14)26-13-19(23)24)20(25)15-9-10-21-18(11-15)27-17-3-2-4-17/h5-11,17H,2-4,12-13H2,1H3,(H,23,24). The number of ether oxygens (including phenoxy) is 2. The van der Waals surface area contributed by atoms with Crippen molar-refractivity contribution in [3.8, 4) is 11.6 Å². The van der Waals surface area contributed by atoms with E-state index in [4.69, 9.17) is 14.6 Å². The van der Waals surface area contributed by atoms with Gasteiger partial charge in [-0.25, -0.2) is 9.78 Å². The summed E-state index contributed by atoms with van der Waals surface area (Å²) in [5.74, 6) is -0.189. The van der Waals surface area contributed by atoms with Gasteiger partial charge in [0.15, 0.2) is 6.61 Å². The van der Waals surface area contributed by atoms with Crippen molar-refractivity contribution in [1.82, 2.24) is 9.88 Å². The molecule has 3 rings (SSSR count). The molecule has 7 heteroatoms. The van der Waals surface area contributed by atoms with Gasteiger partial charge in [0.1, 0.15) is 11.9 Å². The zero-order valence-electron chi connectivity index (χ0n) is 15.1. The van der Waals surface area contributed by atoms with Crippen molar-refractivity contribution in [1.29, 1.82) is 0 Å². The Morgan fingerprint density at radius 1 is 1.22 bits per heavy atom. The van der Waals surface area contributed by atoms with Crippen LogP contribution < -0.4 is 9.47 Å². The molecule has 1 aliphatic carbocycles. The monoisotopic (exact) mass is 370 g/mol. The zero-order valence-corrected chi connectivity index (χ0v) is 15.1. The number of nitrogens with zero attached hydrogens (tertiary/aromatic N) is 2. The van der Waals surface area contributed by atoms with Crippen LogP contribution in [0.1, 0.15) is 35.2 Å². The smallest absolute Gasteiger partial charge is 0.341 e. The van der Waals surface area contributed by atoms with E-state index in [-0.39, 0.29) is 18.6 Å². The second-order valence-electron chi connectivity index (χ2n) is 6.54. The molecule has 0 spiro atoms. The van der Waals surface area contributed by atoms with Gasteiger partial charge in [-0.2, -0.15) is 0 Å². The number of aliphatic carboxylic acids is 1. The van der Waals surface area contributed by atoms with Gasteiger partial charge in [-0.3, -0.25) is 4.79 Å². The number of hydrogen-bond donors (Lipinski definition) is 1. The molecule has 0 radical (unpaired) electrons. The summed E-state index contributed by atoms with van der Waals surface area (Å²) in [6.45, 7) is 0.0320. The Morgan fingerprint density at radius 3 is 2.59 bits per heavy atom. The Bertz CT molecular complexity index is 802. The third kappa shape index (κ3) is 5.20. The lowest BCUT2D eigenvalue weighted by molar-refractivity contribution is -0.139. The van der Waals surface area contributed by atoms with E-state index in [9.17, 15) is 9.59 Å². The maximum Gasteiger partial charge on any atom is 0.341 e. The highest BCUT2D eigenvalue weighted by Gasteiger charge is 2.20. The molecular formula is C20H22N2O5. The Hall–Kier alpha value is -3.09. The molecule has 1 aromatic carbocycles. The molecule has 1 saturated carbocycles. The molecule has 1 heterocycles. The lowest BCUT2D eigenvalue weighted by Gasteiger charge is -2.26. The molecule has 1 aromatic heterocycles. The SMILES string of the molecule is CN(Cc1ccc(OCC(=O)O)cc1)C(=O)c1ccnc(OC2CCC2)c1. The number of pyridine rings is 1. The minimum atomic E-state index is -1.03. The highest BCUT2D eigenvalue weighted by molar-refractivity contribution is 5.94. The first kappa shape index (κ1) is 18.7. The Balaban J connectivity index is 1.58. The van der Waals surface area contributed by atoms with Crippen LogP contribution in [0.2, 0.25) is 0 Å². The van der Waals surface area contributed by atoms with Gasteiger partial charge < -0.3 is 19.5 Å². The third-order valence-corrected chi connectivity index (χ3v) is 4.37. The molecule has 1 amide bonds. The van der Waals surface area contributed by atoms with Crippen LogP contribution in [0.4, 0.5) is 0 Å². The number of hydrogen-bond acceptors (Lipinski definition) is 5. The number of carboxylic acid groups (broad SMARTS) is 1. The Kier molecular flexibility index (Phi) is 5.90. The zero-order chi connectivity index (χ0) is 19.2. The number of benzene rings is 1. The maximum absolute atomic E-state index is 12.7. The lowest BCUT2D eigenvalue weighted by Crippen LogP contribution is -2.27. The molecular weight excluding hydrogens is 348 g/mol. The number of amides is 1. The van der Waals surface area contributed by atoms with Gasteiger partial charge in [0.2, 0.25) is 5.88 Å². The van der Waals surface area contributed by atoms with Gasteiger partial charge in [-0.15, -0.1) is 0 Å². The van der Waals surface area contributed by atoms with Gasteiger partial charge in [0.25, 0.3) is 5.91 Å². The normalized spacial score (nSPS) is 13.5. The van der Waals surface area contributed by atoms with E-state index in [2.05, 4.69) is 4.98 Å². The molecule has 0 bridgehead atoms. The van der Waals surface area contributed by atoms with E-state index in [1.165, 1.54) is 6.42 Å². The summed E-state index contributed by atoms with van der Waals surface area (Å²) in [6, 6.07) is 10.3. The van der Waals surface area contributed by atoms with E-state index in [1.807, 2.05) is 0 Å². The molecule has 0 unspecified atom stereocenters. The fourth-order valence-corrected chi connectivity index (χ4v) is 2.67. The molecule has 0 saturated heterocycles. The summed E-state index contributed by atoms with van der Waals surface area (Å²) in [5, 5.41) is 8.62. The molecule has 1 N–H and O–H groups in total. The fraction of sp³-hybridized carbons (Fsp3) is 0.350. The van der Waals surface area contributed by atoms with E-state index in [0.29, 0.717) is 23.7 Å². The Labute approximate surface area is 157 Å². The van der Waals surface area contributed by atoms with Gasteiger partial charge in [-0.05, 0) is 43.0 Å². The van der Waals surface area contributed by atoms with Gasteiger partial charge >= 0.3 is 5.97 Å². The van der Waals surface area contributed by atoms with Crippen LogP contribution in [-0.4, -0.2) is 46.6 Å². The predicted octanol–water partition coefficient (Wildman–Crippen LogP) is 2.75. The number of rotatable bonds is 8. The first-order valence-electron chi connectivity index (χ1n) is 8.83. The van der Waals surface area contributed by atoms with Crippen molar-refractivity contribution < 1.29 is 24.2 Å². The maximum atomic E-state index is 12.7. The van der Waals surface area contributed by atoms with Crippen LogP contribution in [0.15, 0.2) is 42.6 Å². The summed E-state index contributed by atoms with van der Waals surface area (Å²) in [6.07, 6.45) is 5.04. The topological polar surface area (TPSA) is 89.0 Å². The van der Waals surface area contributed by atoms with Crippen LogP contribution in [-0.2, 0) is 11.3 Å². The summed E-state index contributed by atoms with van der Waals surface area (Å²) in [5.41, 5.74) is 1.44. The van der Waals surface area contributed by atoms with Crippen molar-refractivity contribution in [2.24, 2.45) is 0 Å². The van der Waals surface area contributed by atoms with Crippen molar-refractivity contribution in [3.05, 3.63) is 53.7 Å². The van der Waals surface area contributed by atoms with Crippen molar-refractivity contribution in [2.75, 3.05) is 13.7 Å². The van der Waals surface area contributed by atoms with Crippen LogP contribution in [0, 0.1) is 0 Å². The summed E-state index contributed by atoms with van der Waals surface area (Å²) >= 11 is 0. The number of carboxylic acids is 1. The minimum absolute atomic E-state index is 0.123. The van der Waals surface area contributed by atoms with Crippen LogP contribution in [0.25, 0.3) is 0 Å². The van der Waals surface area contributed by atoms with Crippen LogP contribution in [0.5, 0.6) is 11.6 Å². The Morgan fingerprint density at radius 2 is 1.96 bits per heavy atom. The number of carbonyl (C=O) groups excluding carboxylic acids is 1. The molecule has 0 aliphatic heterocycles. The molecule has 0 atom stereocenters. The van der Waals surface area contributed by atoms with Gasteiger partial charge in [0.05, 0.1) is 0 Å². The van der Waals surface area contributed by atoms with E-state index >= 15 is 0 Å². The fourth-order valence-electron chi connectivity index (χ4n) is 2.67. The second kappa shape index (κ2) is 8.53. The lowest BCUT2D eigenvalue weighted by atomic mass is 9.96. The molecule has 2 aromatic rings. The molecule has 7 nitrogen and oxygen atoms in total. The minimum Gasteiger partial charge on any atom is -0.482 e. The summed E-state index contributed by atoms with van der Waals surface area (Å²) < 4.78 is 10.9. The average Bonchev–Trinajstić information content (AvgIpc) is 2.63. The summed E-state index contributed by atoms with van der Waals surface area (Å²) in [4.78, 5) is 29.0. The highest BCUT2D eigenvalue weighted by Crippen LogP contribution is 2.24. The van der Waals surface area contributed by atoms with Crippen molar-refractivity contribution in [2.45, 2.75) is 31.9 Å². The molecule has 27 heavy (non-hydrogen) atoms.